The Morgan fingerprint density at radius 1 is 1.33 bits per heavy atom. The van der Waals surface area contributed by atoms with E-state index < -0.39 is 16.6 Å². The first-order valence-corrected chi connectivity index (χ1v) is 3.76. The van der Waals surface area contributed by atoms with E-state index in [-0.39, 0.29) is 11.3 Å². The maximum absolute atomic E-state index is 10.5. The molecular formula is C8H6N2O5. The molecule has 7 nitrogen and oxygen atoms in total. The van der Waals surface area contributed by atoms with Gasteiger partial charge in [-0.1, -0.05) is 5.16 Å². The van der Waals surface area contributed by atoms with E-state index in [4.69, 9.17) is 10.3 Å². The van der Waals surface area contributed by atoms with Crippen LogP contribution in [-0.4, -0.2) is 26.9 Å². The van der Waals surface area contributed by atoms with Crippen molar-refractivity contribution in [1.82, 2.24) is 0 Å². The van der Waals surface area contributed by atoms with Crippen LogP contribution < -0.4 is 0 Å². The number of hydrogen-bond acceptors (Lipinski definition) is 5. The average Bonchev–Trinajstić information content (AvgIpc) is 2.19. The molecule has 0 saturated heterocycles. The number of carboxylic acids is 1. The summed E-state index contributed by atoms with van der Waals surface area (Å²) in [6.07, 6.45) is 0. The van der Waals surface area contributed by atoms with Crippen molar-refractivity contribution in [3.63, 3.8) is 0 Å². The Morgan fingerprint density at radius 2 is 1.87 bits per heavy atom. The standard InChI is InChI=1S/C8H6N2O5/c11-8(12)7(9-13)5-1-3-6(4-2-5)10(14)15/h1-4,13H,(H,11,12)/b9-7+. The molecule has 0 aliphatic carbocycles. The number of non-ortho nitro benzene ring substituents is 1. The fourth-order valence-corrected chi connectivity index (χ4v) is 0.965. The molecule has 0 aromatic heterocycles. The van der Waals surface area contributed by atoms with Crippen molar-refractivity contribution in [1.29, 1.82) is 0 Å². The number of rotatable bonds is 3. The van der Waals surface area contributed by atoms with Crippen LogP contribution in [-0.2, 0) is 4.79 Å². The Hall–Kier alpha value is -2.44. The summed E-state index contributed by atoms with van der Waals surface area (Å²) in [6, 6.07) is 4.65. The summed E-state index contributed by atoms with van der Waals surface area (Å²) in [5.74, 6) is -1.41. The maximum atomic E-state index is 10.5. The monoisotopic (exact) mass is 210 g/mol. The number of nitro benzene ring substituents is 1. The van der Waals surface area contributed by atoms with Gasteiger partial charge in [0, 0.05) is 17.7 Å². The number of aliphatic carboxylic acids is 1. The van der Waals surface area contributed by atoms with E-state index in [0.717, 1.165) is 12.1 Å². The summed E-state index contributed by atoms with van der Waals surface area (Å²) in [5, 5.41) is 29.9. The lowest BCUT2D eigenvalue weighted by atomic mass is 10.1. The molecule has 0 unspecified atom stereocenters. The number of nitro groups is 1. The third-order valence-corrected chi connectivity index (χ3v) is 1.65. The zero-order valence-corrected chi connectivity index (χ0v) is 7.32. The molecule has 1 aromatic carbocycles. The van der Waals surface area contributed by atoms with Gasteiger partial charge in [0.2, 0.25) is 0 Å². The van der Waals surface area contributed by atoms with Crippen molar-refractivity contribution < 1.29 is 20.0 Å². The number of carbonyl (C=O) groups is 1. The van der Waals surface area contributed by atoms with Crippen molar-refractivity contribution in [3.05, 3.63) is 39.9 Å². The minimum absolute atomic E-state index is 0.0931. The van der Waals surface area contributed by atoms with Crippen LogP contribution >= 0.6 is 0 Å². The molecule has 0 fully saturated rings. The van der Waals surface area contributed by atoms with Crippen LogP contribution in [0.5, 0.6) is 0 Å². The third kappa shape index (κ3) is 2.27. The zero-order chi connectivity index (χ0) is 11.4. The molecule has 1 rings (SSSR count). The normalized spacial score (nSPS) is 11.1. The zero-order valence-electron chi connectivity index (χ0n) is 7.32. The minimum Gasteiger partial charge on any atom is -0.476 e. The van der Waals surface area contributed by atoms with E-state index in [9.17, 15) is 14.9 Å². The van der Waals surface area contributed by atoms with Gasteiger partial charge in [0.1, 0.15) is 0 Å². The molecule has 0 radical (unpaired) electrons. The van der Waals surface area contributed by atoms with Crippen molar-refractivity contribution >= 4 is 17.4 Å². The topological polar surface area (TPSA) is 113 Å². The SMILES string of the molecule is O=C(O)/C(=N/O)c1ccc([N+](=O)[O-])cc1. The molecule has 1 aromatic rings. The lowest BCUT2D eigenvalue weighted by Crippen LogP contribution is -2.14. The highest BCUT2D eigenvalue weighted by atomic mass is 16.6. The van der Waals surface area contributed by atoms with Crippen LogP contribution in [0.4, 0.5) is 5.69 Å². The predicted molar refractivity (Wildman–Crippen MR) is 49.1 cm³/mol. The molecule has 15 heavy (non-hydrogen) atoms. The Bertz CT molecular complexity index is 423. The second kappa shape index (κ2) is 4.18. The molecule has 0 heterocycles. The lowest BCUT2D eigenvalue weighted by Gasteiger charge is -1.98. The van der Waals surface area contributed by atoms with E-state index in [1.807, 2.05) is 0 Å². The van der Waals surface area contributed by atoms with Crippen LogP contribution in [0.15, 0.2) is 29.4 Å². The summed E-state index contributed by atoms with van der Waals surface area (Å²) in [7, 11) is 0. The molecular weight excluding hydrogens is 204 g/mol. The summed E-state index contributed by atoms with van der Waals surface area (Å²) in [6.45, 7) is 0. The van der Waals surface area contributed by atoms with E-state index >= 15 is 0 Å². The van der Waals surface area contributed by atoms with Crippen molar-refractivity contribution in [2.45, 2.75) is 0 Å². The third-order valence-electron chi connectivity index (χ3n) is 1.65. The molecule has 0 bridgehead atoms. The number of benzene rings is 1. The molecule has 0 saturated carbocycles. The quantitative estimate of drug-likeness (QED) is 0.332. The Balaban J connectivity index is 3.08. The van der Waals surface area contributed by atoms with Crippen LogP contribution in [0, 0.1) is 10.1 Å². The summed E-state index contributed by atoms with van der Waals surface area (Å²) < 4.78 is 0. The van der Waals surface area contributed by atoms with Crippen molar-refractivity contribution in [2.24, 2.45) is 5.16 Å². The van der Waals surface area contributed by atoms with Gasteiger partial charge in [-0.3, -0.25) is 10.1 Å². The number of oxime groups is 1. The molecule has 78 valence electrons. The van der Waals surface area contributed by atoms with E-state index in [2.05, 4.69) is 5.16 Å². The highest BCUT2D eigenvalue weighted by Crippen LogP contribution is 2.12. The number of carboxylic acid groups (broad SMARTS) is 1. The second-order valence-electron chi connectivity index (χ2n) is 2.56. The molecule has 2 N–H and O–H groups in total. The van der Waals surface area contributed by atoms with Gasteiger partial charge in [0.25, 0.3) is 5.69 Å². The highest BCUT2D eigenvalue weighted by molar-refractivity contribution is 6.42. The molecule has 0 amide bonds. The Kier molecular flexibility index (Phi) is 2.97. The van der Waals surface area contributed by atoms with Crippen LogP contribution in [0.2, 0.25) is 0 Å². The van der Waals surface area contributed by atoms with Gasteiger partial charge in [-0.2, -0.15) is 0 Å². The first kappa shape index (κ1) is 10.6. The lowest BCUT2D eigenvalue weighted by molar-refractivity contribution is -0.384. The van der Waals surface area contributed by atoms with Crippen LogP contribution in [0.1, 0.15) is 5.56 Å². The minimum atomic E-state index is -1.41. The maximum Gasteiger partial charge on any atom is 0.358 e. The fraction of sp³-hybridized carbons (Fsp3) is 0. The fourth-order valence-electron chi connectivity index (χ4n) is 0.965. The molecule has 0 aliphatic rings. The molecule has 0 aliphatic heterocycles. The highest BCUT2D eigenvalue weighted by Gasteiger charge is 2.14. The van der Waals surface area contributed by atoms with Crippen molar-refractivity contribution in [3.8, 4) is 0 Å². The van der Waals surface area contributed by atoms with Gasteiger partial charge >= 0.3 is 5.97 Å². The average molecular weight is 210 g/mol. The smallest absolute Gasteiger partial charge is 0.358 e. The summed E-state index contributed by atoms with van der Waals surface area (Å²) in [4.78, 5) is 20.2. The number of hydrogen-bond donors (Lipinski definition) is 2. The molecule has 7 heteroatoms. The second-order valence-corrected chi connectivity index (χ2v) is 2.56. The van der Waals surface area contributed by atoms with E-state index in [1.165, 1.54) is 12.1 Å². The summed E-state index contributed by atoms with van der Waals surface area (Å²) >= 11 is 0. The van der Waals surface area contributed by atoms with Crippen LogP contribution in [0.3, 0.4) is 0 Å². The predicted octanol–water partition coefficient (Wildman–Crippen LogP) is 0.858. The van der Waals surface area contributed by atoms with Gasteiger partial charge < -0.3 is 10.3 Å². The van der Waals surface area contributed by atoms with Crippen molar-refractivity contribution in [2.75, 3.05) is 0 Å². The molecule has 0 atom stereocenters. The van der Waals surface area contributed by atoms with Crippen LogP contribution in [0.25, 0.3) is 0 Å². The molecule has 0 spiro atoms. The first-order chi connectivity index (χ1) is 7.06. The Labute approximate surface area is 83.4 Å². The van der Waals surface area contributed by atoms with E-state index in [0.29, 0.717) is 0 Å². The Morgan fingerprint density at radius 3 is 2.20 bits per heavy atom. The van der Waals surface area contributed by atoms with Gasteiger partial charge in [0.15, 0.2) is 5.71 Å². The van der Waals surface area contributed by atoms with Gasteiger partial charge in [-0.15, -0.1) is 0 Å². The van der Waals surface area contributed by atoms with Gasteiger partial charge in [-0.25, -0.2) is 4.79 Å². The first-order valence-electron chi connectivity index (χ1n) is 3.76. The van der Waals surface area contributed by atoms with E-state index in [1.54, 1.807) is 0 Å². The largest absolute Gasteiger partial charge is 0.476 e. The number of nitrogens with zero attached hydrogens (tertiary/aromatic N) is 2. The van der Waals surface area contributed by atoms with Gasteiger partial charge in [-0.05, 0) is 12.1 Å². The van der Waals surface area contributed by atoms with Gasteiger partial charge in [0.05, 0.1) is 4.92 Å². The summed E-state index contributed by atoms with van der Waals surface area (Å²) in [5.41, 5.74) is -0.637.